The molecule has 0 radical (unpaired) electrons. The maximum absolute atomic E-state index is 11.6. The minimum absolute atomic E-state index is 0.0347. The van der Waals surface area contributed by atoms with E-state index in [1.807, 2.05) is 60.7 Å². The first kappa shape index (κ1) is 22.7. The molecule has 30 heavy (non-hydrogen) atoms. The Morgan fingerprint density at radius 1 is 0.667 bits per heavy atom. The van der Waals surface area contributed by atoms with Crippen molar-refractivity contribution in [1.29, 1.82) is 0 Å². The number of carbonyl (C=O) groups is 3. The van der Waals surface area contributed by atoms with Crippen LogP contribution in [0.4, 0.5) is 9.59 Å². The fourth-order valence-corrected chi connectivity index (χ4v) is 2.34. The molecule has 0 atom stereocenters. The van der Waals surface area contributed by atoms with Crippen LogP contribution in [0.2, 0.25) is 0 Å². The van der Waals surface area contributed by atoms with Crippen molar-refractivity contribution in [2.45, 2.75) is 26.1 Å². The van der Waals surface area contributed by atoms with Crippen molar-refractivity contribution in [2.24, 2.45) is 0 Å². The number of alkyl carbamates (subject to hydrolysis) is 2. The van der Waals surface area contributed by atoms with E-state index in [0.717, 1.165) is 11.1 Å². The van der Waals surface area contributed by atoms with Gasteiger partial charge in [-0.1, -0.05) is 60.7 Å². The third kappa shape index (κ3) is 10.1. The van der Waals surface area contributed by atoms with E-state index in [2.05, 4.69) is 10.6 Å². The summed E-state index contributed by atoms with van der Waals surface area (Å²) < 4.78 is 15.1. The van der Waals surface area contributed by atoms with Crippen molar-refractivity contribution in [2.75, 3.05) is 19.7 Å². The van der Waals surface area contributed by atoms with Crippen LogP contribution in [0, 0.1) is 0 Å². The van der Waals surface area contributed by atoms with Crippen LogP contribution in [0.5, 0.6) is 0 Å². The Hall–Kier alpha value is -3.55. The number of amides is 2. The van der Waals surface area contributed by atoms with E-state index in [-0.39, 0.29) is 32.8 Å². The van der Waals surface area contributed by atoms with E-state index in [1.165, 1.54) is 0 Å². The fourth-order valence-electron chi connectivity index (χ4n) is 2.34. The summed E-state index contributed by atoms with van der Waals surface area (Å²) in [5.41, 5.74) is 1.78. The van der Waals surface area contributed by atoms with Gasteiger partial charge in [-0.05, 0) is 17.5 Å². The SMILES string of the molecule is O=C(CCNC(=O)OCc1ccccc1)OCCCNC(=O)OCc1ccccc1. The molecule has 0 unspecified atom stereocenters. The third-order valence-electron chi connectivity index (χ3n) is 3.88. The maximum atomic E-state index is 11.6. The molecule has 2 amide bonds. The molecule has 2 aromatic rings. The van der Waals surface area contributed by atoms with Crippen LogP contribution in [0.15, 0.2) is 60.7 Å². The highest BCUT2D eigenvalue weighted by Gasteiger charge is 2.07. The van der Waals surface area contributed by atoms with Crippen molar-refractivity contribution in [1.82, 2.24) is 10.6 Å². The first-order valence-corrected chi connectivity index (χ1v) is 9.68. The standard InChI is InChI=1S/C22H26N2O6/c25-20(12-14-24-22(27)30-17-19-10-5-2-6-11-19)28-15-7-13-23-21(26)29-16-18-8-3-1-4-9-18/h1-6,8-11H,7,12-17H2,(H,23,26)(H,24,27). The minimum Gasteiger partial charge on any atom is -0.466 e. The Bertz CT molecular complexity index is 783. The second kappa shape index (κ2) is 13.6. The average Bonchev–Trinajstić information content (AvgIpc) is 2.77. The molecule has 0 aliphatic carbocycles. The van der Waals surface area contributed by atoms with E-state index in [0.29, 0.717) is 13.0 Å². The van der Waals surface area contributed by atoms with Crippen LogP contribution in [0.25, 0.3) is 0 Å². The number of hydrogen-bond donors (Lipinski definition) is 2. The molecule has 0 spiro atoms. The Labute approximate surface area is 175 Å². The van der Waals surface area contributed by atoms with Crippen LogP contribution in [0.1, 0.15) is 24.0 Å². The number of benzene rings is 2. The second-order valence-corrected chi connectivity index (χ2v) is 6.30. The maximum Gasteiger partial charge on any atom is 0.407 e. The van der Waals surface area contributed by atoms with Gasteiger partial charge in [0.2, 0.25) is 0 Å². The smallest absolute Gasteiger partial charge is 0.407 e. The van der Waals surface area contributed by atoms with Crippen LogP contribution in [-0.4, -0.2) is 37.9 Å². The van der Waals surface area contributed by atoms with Crippen LogP contribution < -0.4 is 10.6 Å². The van der Waals surface area contributed by atoms with Gasteiger partial charge < -0.3 is 24.8 Å². The summed E-state index contributed by atoms with van der Waals surface area (Å²) >= 11 is 0. The van der Waals surface area contributed by atoms with Gasteiger partial charge in [-0.2, -0.15) is 0 Å². The molecule has 160 valence electrons. The Morgan fingerprint density at radius 2 is 1.17 bits per heavy atom. The lowest BCUT2D eigenvalue weighted by Crippen LogP contribution is -2.28. The lowest BCUT2D eigenvalue weighted by Gasteiger charge is -2.08. The van der Waals surface area contributed by atoms with Crippen molar-refractivity contribution in [3.05, 3.63) is 71.8 Å². The zero-order chi connectivity index (χ0) is 21.4. The topological polar surface area (TPSA) is 103 Å². The normalized spacial score (nSPS) is 10.0. The number of nitrogens with one attached hydrogen (secondary N) is 2. The highest BCUT2D eigenvalue weighted by Crippen LogP contribution is 2.01. The summed E-state index contributed by atoms with van der Waals surface area (Å²) in [5, 5.41) is 5.08. The van der Waals surface area contributed by atoms with Crippen molar-refractivity contribution >= 4 is 18.2 Å². The number of ether oxygens (including phenoxy) is 3. The van der Waals surface area contributed by atoms with Crippen LogP contribution in [0.3, 0.4) is 0 Å². The zero-order valence-electron chi connectivity index (χ0n) is 16.7. The van der Waals surface area contributed by atoms with Crippen molar-refractivity contribution in [3.63, 3.8) is 0 Å². The van der Waals surface area contributed by atoms with Crippen molar-refractivity contribution < 1.29 is 28.6 Å². The van der Waals surface area contributed by atoms with Gasteiger partial charge in [-0.15, -0.1) is 0 Å². The molecule has 8 heteroatoms. The minimum atomic E-state index is -0.593. The molecule has 0 aromatic heterocycles. The number of carbonyl (C=O) groups excluding carboxylic acids is 3. The fraction of sp³-hybridized carbons (Fsp3) is 0.318. The summed E-state index contributed by atoms with van der Waals surface area (Å²) in [4.78, 5) is 34.8. The average molecular weight is 414 g/mol. The summed E-state index contributed by atoms with van der Waals surface area (Å²) in [7, 11) is 0. The third-order valence-corrected chi connectivity index (χ3v) is 3.88. The van der Waals surface area contributed by atoms with Gasteiger partial charge in [-0.25, -0.2) is 9.59 Å². The monoisotopic (exact) mass is 414 g/mol. The first-order chi connectivity index (χ1) is 14.6. The van der Waals surface area contributed by atoms with E-state index >= 15 is 0 Å². The van der Waals surface area contributed by atoms with Gasteiger partial charge >= 0.3 is 18.2 Å². The van der Waals surface area contributed by atoms with Gasteiger partial charge in [-0.3, -0.25) is 4.79 Å². The highest BCUT2D eigenvalue weighted by atomic mass is 16.6. The van der Waals surface area contributed by atoms with Gasteiger partial charge in [0.15, 0.2) is 0 Å². The van der Waals surface area contributed by atoms with E-state index < -0.39 is 18.2 Å². The quantitative estimate of drug-likeness (QED) is 0.333. The predicted octanol–water partition coefficient (Wildman–Crippen LogP) is 3.16. The summed E-state index contributed by atoms with van der Waals surface area (Å²) in [6, 6.07) is 18.6. The number of rotatable bonds is 11. The molecule has 2 N–H and O–H groups in total. The molecule has 0 fully saturated rings. The molecule has 2 rings (SSSR count). The zero-order valence-corrected chi connectivity index (χ0v) is 16.7. The number of hydrogen-bond acceptors (Lipinski definition) is 6. The van der Waals surface area contributed by atoms with Crippen LogP contribution in [-0.2, 0) is 32.2 Å². The Morgan fingerprint density at radius 3 is 1.70 bits per heavy atom. The first-order valence-electron chi connectivity index (χ1n) is 9.68. The summed E-state index contributed by atoms with van der Waals surface area (Å²) in [6.45, 7) is 0.970. The summed E-state index contributed by atoms with van der Waals surface area (Å²) in [5.74, 6) is -0.440. The van der Waals surface area contributed by atoms with Gasteiger partial charge in [0.1, 0.15) is 13.2 Å². The van der Waals surface area contributed by atoms with Gasteiger partial charge in [0.05, 0.1) is 13.0 Å². The van der Waals surface area contributed by atoms with Gasteiger partial charge in [0.25, 0.3) is 0 Å². The molecule has 0 heterocycles. The lowest BCUT2D eigenvalue weighted by molar-refractivity contribution is -0.143. The molecule has 8 nitrogen and oxygen atoms in total. The Balaban J connectivity index is 1.43. The molecule has 0 saturated heterocycles. The number of esters is 1. The van der Waals surface area contributed by atoms with E-state index in [1.54, 1.807) is 0 Å². The predicted molar refractivity (Wildman–Crippen MR) is 109 cm³/mol. The molecule has 0 bridgehead atoms. The van der Waals surface area contributed by atoms with Crippen molar-refractivity contribution in [3.8, 4) is 0 Å². The molecule has 0 saturated carbocycles. The highest BCUT2D eigenvalue weighted by molar-refractivity contribution is 5.71. The molecular formula is C22H26N2O6. The van der Waals surface area contributed by atoms with E-state index in [4.69, 9.17) is 14.2 Å². The van der Waals surface area contributed by atoms with Crippen LogP contribution >= 0.6 is 0 Å². The molecule has 0 aliphatic heterocycles. The second-order valence-electron chi connectivity index (χ2n) is 6.30. The van der Waals surface area contributed by atoms with E-state index in [9.17, 15) is 14.4 Å². The molecular weight excluding hydrogens is 388 g/mol. The molecule has 0 aliphatic rings. The lowest BCUT2D eigenvalue weighted by atomic mass is 10.2. The Kier molecular flexibility index (Phi) is 10.3. The molecule has 2 aromatic carbocycles. The largest absolute Gasteiger partial charge is 0.466 e. The van der Waals surface area contributed by atoms with Gasteiger partial charge in [0, 0.05) is 13.1 Å². The summed E-state index contributed by atoms with van der Waals surface area (Å²) in [6.07, 6.45) is -0.626.